The number of carbonyl (C=O) groups is 1. The summed E-state index contributed by atoms with van der Waals surface area (Å²) in [7, 11) is 0. The fourth-order valence-electron chi connectivity index (χ4n) is 2.93. The molecule has 0 aliphatic rings. The van der Waals surface area contributed by atoms with Crippen molar-refractivity contribution in [3.8, 4) is 0 Å². The third-order valence-corrected chi connectivity index (χ3v) is 5.69. The van der Waals surface area contributed by atoms with Crippen LogP contribution in [0.2, 0.25) is 0 Å². The first-order valence-corrected chi connectivity index (χ1v) is 10.2. The fourth-order valence-corrected chi connectivity index (χ4v) is 3.88. The van der Waals surface area contributed by atoms with Crippen LogP contribution in [0.15, 0.2) is 53.7 Å². The predicted octanol–water partition coefficient (Wildman–Crippen LogP) is 4.36. The van der Waals surface area contributed by atoms with E-state index in [9.17, 15) is 4.79 Å². The van der Waals surface area contributed by atoms with Crippen LogP contribution in [0.1, 0.15) is 36.1 Å². The maximum Gasteiger partial charge on any atom is 0.247 e. The van der Waals surface area contributed by atoms with Gasteiger partial charge in [0.05, 0.1) is 0 Å². The SMILES string of the molecule is CCC(C(=O)Nc1ccc(C)c(C)c1)n1c(N)nnc1SCc1ccccc1. The van der Waals surface area contributed by atoms with Crippen molar-refractivity contribution >= 4 is 29.3 Å². The molecule has 1 atom stereocenters. The van der Waals surface area contributed by atoms with Gasteiger partial charge in [0.2, 0.25) is 11.9 Å². The number of rotatable bonds is 7. The Bertz CT molecular complexity index is 955. The Kier molecular flexibility index (Phi) is 6.36. The number of aryl methyl sites for hydroxylation is 2. The number of nitrogens with two attached hydrogens (primary N) is 1. The van der Waals surface area contributed by atoms with Gasteiger partial charge in [-0.3, -0.25) is 9.36 Å². The summed E-state index contributed by atoms with van der Waals surface area (Å²) >= 11 is 1.52. The molecule has 0 saturated carbocycles. The van der Waals surface area contributed by atoms with E-state index in [0.29, 0.717) is 11.6 Å². The molecule has 1 heterocycles. The number of benzene rings is 2. The largest absolute Gasteiger partial charge is 0.368 e. The topological polar surface area (TPSA) is 85.8 Å². The zero-order valence-corrected chi connectivity index (χ0v) is 17.2. The van der Waals surface area contributed by atoms with Crippen LogP contribution < -0.4 is 11.1 Å². The van der Waals surface area contributed by atoms with E-state index in [-0.39, 0.29) is 11.9 Å². The van der Waals surface area contributed by atoms with Crippen LogP contribution in [0.5, 0.6) is 0 Å². The molecule has 0 radical (unpaired) electrons. The molecule has 1 aromatic heterocycles. The van der Waals surface area contributed by atoms with Gasteiger partial charge >= 0.3 is 0 Å². The van der Waals surface area contributed by atoms with Crippen LogP contribution in [0, 0.1) is 13.8 Å². The molecule has 0 aliphatic carbocycles. The summed E-state index contributed by atoms with van der Waals surface area (Å²) in [6, 6.07) is 15.5. The van der Waals surface area contributed by atoms with Crippen molar-refractivity contribution in [3.63, 3.8) is 0 Å². The average molecular weight is 396 g/mol. The van der Waals surface area contributed by atoms with Crippen LogP contribution in [-0.2, 0) is 10.5 Å². The van der Waals surface area contributed by atoms with Crippen molar-refractivity contribution in [1.82, 2.24) is 14.8 Å². The summed E-state index contributed by atoms with van der Waals surface area (Å²) in [6.07, 6.45) is 0.581. The van der Waals surface area contributed by atoms with Gasteiger partial charge < -0.3 is 11.1 Å². The number of carbonyl (C=O) groups excluding carboxylic acids is 1. The molecule has 1 unspecified atom stereocenters. The highest BCUT2D eigenvalue weighted by atomic mass is 32.2. The highest BCUT2D eigenvalue weighted by Gasteiger charge is 2.25. The van der Waals surface area contributed by atoms with Crippen molar-refractivity contribution < 1.29 is 4.79 Å². The van der Waals surface area contributed by atoms with E-state index in [4.69, 9.17) is 5.73 Å². The Labute approximate surface area is 169 Å². The monoisotopic (exact) mass is 395 g/mol. The van der Waals surface area contributed by atoms with Gasteiger partial charge in [0.1, 0.15) is 6.04 Å². The van der Waals surface area contributed by atoms with Gasteiger partial charge in [0.25, 0.3) is 0 Å². The normalized spacial score (nSPS) is 12.0. The van der Waals surface area contributed by atoms with E-state index < -0.39 is 6.04 Å². The lowest BCUT2D eigenvalue weighted by Crippen LogP contribution is -2.27. The van der Waals surface area contributed by atoms with Gasteiger partial charge in [-0.1, -0.05) is 55.1 Å². The Morgan fingerprint density at radius 1 is 1.14 bits per heavy atom. The van der Waals surface area contributed by atoms with Crippen LogP contribution >= 0.6 is 11.8 Å². The van der Waals surface area contributed by atoms with Crippen LogP contribution in [0.25, 0.3) is 0 Å². The first-order valence-electron chi connectivity index (χ1n) is 9.24. The third kappa shape index (κ3) is 4.54. The van der Waals surface area contributed by atoms with Crippen molar-refractivity contribution in [3.05, 3.63) is 65.2 Å². The Hall–Kier alpha value is -2.80. The standard InChI is InChI=1S/C21H25N5OS/c1-4-18(19(27)23-17-11-10-14(2)15(3)12-17)26-20(22)24-25-21(26)28-13-16-8-6-5-7-9-16/h5-12,18H,4,13H2,1-3H3,(H2,22,24)(H,23,27). The molecule has 1 amide bonds. The summed E-state index contributed by atoms with van der Waals surface area (Å²) < 4.78 is 1.73. The highest BCUT2D eigenvalue weighted by Crippen LogP contribution is 2.28. The lowest BCUT2D eigenvalue weighted by atomic mass is 10.1. The minimum Gasteiger partial charge on any atom is -0.368 e. The van der Waals surface area contributed by atoms with Gasteiger partial charge in [-0.05, 0) is 49.1 Å². The average Bonchev–Trinajstić information content (AvgIpc) is 3.05. The number of anilines is 2. The number of nitrogen functional groups attached to an aromatic ring is 1. The third-order valence-electron chi connectivity index (χ3n) is 4.68. The molecule has 2 aromatic carbocycles. The number of thioether (sulfide) groups is 1. The minimum atomic E-state index is -0.477. The number of amides is 1. The van der Waals surface area contributed by atoms with Crippen molar-refractivity contribution in [1.29, 1.82) is 0 Å². The first-order chi connectivity index (χ1) is 13.5. The molecule has 0 bridgehead atoms. The van der Waals surface area contributed by atoms with Crippen molar-refractivity contribution in [2.45, 2.75) is 44.1 Å². The molecule has 0 spiro atoms. The Balaban J connectivity index is 1.78. The minimum absolute atomic E-state index is 0.126. The second kappa shape index (κ2) is 8.93. The number of nitrogens with one attached hydrogen (secondary N) is 1. The van der Waals surface area contributed by atoms with Gasteiger partial charge in [0.15, 0.2) is 5.16 Å². The van der Waals surface area contributed by atoms with Gasteiger partial charge in [0, 0.05) is 11.4 Å². The van der Waals surface area contributed by atoms with Gasteiger partial charge in [-0.2, -0.15) is 0 Å². The molecule has 28 heavy (non-hydrogen) atoms. The fraction of sp³-hybridized carbons (Fsp3) is 0.286. The maximum atomic E-state index is 13.0. The molecule has 7 heteroatoms. The van der Waals surface area contributed by atoms with E-state index >= 15 is 0 Å². The number of nitrogens with zero attached hydrogens (tertiary/aromatic N) is 3. The summed E-state index contributed by atoms with van der Waals surface area (Å²) in [6.45, 7) is 6.03. The number of aromatic nitrogens is 3. The second-order valence-electron chi connectivity index (χ2n) is 6.70. The molecular formula is C21H25N5OS. The molecule has 0 fully saturated rings. The van der Waals surface area contributed by atoms with Crippen LogP contribution in [0.4, 0.5) is 11.6 Å². The number of hydrogen-bond donors (Lipinski definition) is 2. The van der Waals surface area contributed by atoms with Crippen LogP contribution in [0.3, 0.4) is 0 Å². The summed E-state index contributed by atoms with van der Waals surface area (Å²) in [5, 5.41) is 11.8. The first kappa shape index (κ1) is 19.9. The molecule has 3 rings (SSSR count). The summed E-state index contributed by atoms with van der Waals surface area (Å²) in [5.41, 5.74) is 10.3. The lowest BCUT2D eigenvalue weighted by Gasteiger charge is -2.19. The Morgan fingerprint density at radius 2 is 1.89 bits per heavy atom. The molecule has 6 nitrogen and oxygen atoms in total. The predicted molar refractivity (Wildman–Crippen MR) is 114 cm³/mol. The van der Waals surface area contributed by atoms with E-state index in [1.54, 1.807) is 4.57 Å². The zero-order valence-electron chi connectivity index (χ0n) is 16.3. The number of hydrogen-bond acceptors (Lipinski definition) is 5. The molecule has 0 saturated heterocycles. The highest BCUT2D eigenvalue weighted by molar-refractivity contribution is 7.98. The molecule has 3 N–H and O–H groups in total. The maximum absolute atomic E-state index is 13.0. The van der Waals surface area contributed by atoms with E-state index in [1.807, 2.05) is 57.2 Å². The zero-order chi connectivity index (χ0) is 20.1. The van der Waals surface area contributed by atoms with E-state index in [2.05, 4.69) is 27.6 Å². The second-order valence-corrected chi connectivity index (χ2v) is 7.64. The molecule has 3 aromatic rings. The van der Waals surface area contributed by atoms with Crippen LogP contribution in [-0.4, -0.2) is 20.7 Å². The molecular weight excluding hydrogens is 370 g/mol. The summed E-state index contributed by atoms with van der Waals surface area (Å²) in [4.78, 5) is 13.0. The summed E-state index contributed by atoms with van der Waals surface area (Å²) in [5.74, 6) is 0.852. The van der Waals surface area contributed by atoms with Crippen molar-refractivity contribution in [2.24, 2.45) is 0 Å². The quantitative estimate of drug-likeness (QED) is 0.581. The lowest BCUT2D eigenvalue weighted by molar-refractivity contribution is -0.119. The van der Waals surface area contributed by atoms with E-state index in [1.165, 1.54) is 22.9 Å². The smallest absolute Gasteiger partial charge is 0.247 e. The Morgan fingerprint density at radius 3 is 2.57 bits per heavy atom. The van der Waals surface area contributed by atoms with E-state index in [0.717, 1.165) is 17.0 Å². The van der Waals surface area contributed by atoms with Gasteiger partial charge in [-0.15, -0.1) is 10.2 Å². The molecule has 0 aliphatic heterocycles. The van der Waals surface area contributed by atoms with Crippen molar-refractivity contribution in [2.75, 3.05) is 11.1 Å². The van der Waals surface area contributed by atoms with Gasteiger partial charge in [-0.25, -0.2) is 0 Å². The molecule has 146 valence electrons.